The lowest BCUT2D eigenvalue weighted by Gasteiger charge is -2.22. The molecule has 0 aliphatic heterocycles. The van der Waals surface area contributed by atoms with E-state index in [1.54, 1.807) is 0 Å². The molecule has 0 aliphatic rings. The second kappa shape index (κ2) is 23.9. The minimum Gasteiger partial charge on any atom is -0.0622 e. The van der Waals surface area contributed by atoms with E-state index in [0.29, 0.717) is 0 Å². The molecule has 0 spiro atoms. The summed E-state index contributed by atoms with van der Waals surface area (Å²) in [6.45, 7) is 0. The van der Waals surface area contributed by atoms with Crippen LogP contribution in [0.1, 0.15) is 33.4 Å². The highest BCUT2D eigenvalue weighted by atomic mass is 31.1. The van der Waals surface area contributed by atoms with E-state index in [0.717, 1.165) is 35.8 Å². The molecule has 0 nitrogen and oxygen atoms in total. The molecule has 0 amide bonds. The first-order valence-electron chi connectivity index (χ1n) is 24.0. The van der Waals surface area contributed by atoms with E-state index in [1.807, 2.05) is 0 Å². The molecule has 0 unspecified atom stereocenters. The van der Waals surface area contributed by atoms with E-state index in [-0.39, 0.29) is 0 Å². The normalized spacial score (nSPS) is 11.2. The third-order valence-corrected chi connectivity index (χ3v) is 22.5. The Morgan fingerprint density at radius 2 is 0.357 bits per heavy atom. The van der Waals surface area contributed by atoms with Crippen LogP contribution in [0.3, 0.4) is 0 Å². The molecule has 10 aromatic rings. The monoisotopic (exact) mass is 970 g/mol. The third kappa shape index (κ3) is 12.4. The predicted molar refractivity (Wildman–Crippen MR) is 310 cm³/mol. The molecule has 0 aliphatic carbocycles. The van der Waals surface area contributed by atoms with Gasteiger partial charge in [0, 0.05) is 35.8 Å². The van der Waals surface area contributed by atoms with Gasteiger partial charge in [-0.2, -0.15) is 0 Å². The molecular formula is C66H54P4. The maximum absolute atomic E-state index is 3.81. The van der Waals surface area contributed by atoms with Crippen molar-refractivity contribution in [3.8, 4) is 11.8 Å². The van der Waals surface area contributed by atoms with E-state index in [4.69, 9.17) is 0 Å². The van der Waals surface area contributed by atoms with Crippen molar-refractivity contribution < 1.29 is 0 Å². The number of rotatable bonds is 16. The summed E-state index contributed by atoms with van der Waals surface area (Å²) in [5, 5.41) is 11.1. The zero-order valence-electron chi connectivity index (χ0n) is 39.2. The van der Waals surface area contributed by atoms with Crippen molar-refractivity contribution in [3.05, 3.63) is 312 Å². The second-order valence-corrected chi connectivity index (χ2v) is 26.2. The third-order valence-electron chi connectivity index (χ3n) is 12.4. The van der Waals surface area contributed by atoms with Crippen LogP contribution in [0.4, 0.5) is 0 Å². The lowest BCUT2D eigenvalue weighted by atomic mass is 10.1. The Balaban J connectivity index is 1.08. The summed E-state index contributed by atoms with van der Waals surface area (Å²) in [6, 6.07) is 103. The van der Waals surface area contributed by atoms with Crippen LogP contribution in [0.25, 0.3) is 0 Å². The summed E-state index contributed by atoms with van der Waals surface area (Å²) in [7, 11) is -2.62. The molecular weight excluding hydrogens is 917 g/mol. The van der Waals surface area contributed by atoms with Gasteiger partial charge in [-0.15, -0.1) is 0 Å². The van der Waals surface area contributed by atoms with Crippen LogP contribution >= 0.6 is 31.7 Å². The van der Waals surface area contributed by atoms with E-state index >= 15 is 0 Å². The van der Waals surface area contributed by atoms with Gasteiger partial charge < -0.3 is 0 Å². The molecule has 338 valence electrons. The van der Waals surface area contributed by atoms with Crippen LogP contribution in [0.2, 0.25) is 0 Å². The van der Waals surface area contributed by atoms with E-state index in [9.17, 15) is 0 Å². The van der Waals surface area contributed by atoms with E-state index in [2.05, 4.69) is 291 Å². The highest BCUT2D eigenvalue weighted by molar-refractivity contribution is 7.73. The first-order chi connectivity index (χ1) is 34.7. The van der Waals surface area contributed by atoms with Gasteiger partial charge >= 0.3 is 0 Å². The van der Waals surface area contributed by atoms with Gasteiger partial charge in [0.15, 0.2) is 0 Å². The Hall–Kier alpha value is -6.52. The molecule has 4 heteroatoms. The molecule has 0 saturated carbocycles. The Labute approximate surface area is 420 Å². The van der Waals surface area contributed by atoms with Gasteiger partial charge in [-0.1, -0.05) is 267 Å². The first kappa shape index (κ1) is 47.2. The van der Waals surface area contributed by atoms with Crippen molar-refractivity contribution >= 4 is 74.1 Å². The van der Waals surface area contributed by atoms with Gasteiger partial charge in [-0.05, 0) is 121 Å². The Morgan fingerprint density at radius 3 is 0.514 bits per heavy atom. The van der Waals surface area contributed by atoms with Crippen LogP contribution in [0, 0.1) is 11.8 Å². The molecule has 0 heterocycles. The fraction of sp³-hybridized carbons (Fsp3) is 0.0606. The van der Waals surface area contributed by atoms with Crippen LogP contribution in [0.15, 0.2) is 279 Å². The maximum Gasteiger partial charge on any atom is 0.0254 e. The summed E-state index contributed by atoms with van der Waals surface area (Å²) in [5.74, 6) is 7.62. The lowest BCUT2D eigenvalue weighted by molar-refractivity contribution is 1.30. The summed E-state index contributed by atoms with van der Waals surface area (Å²) < 4.78 is 0. The number of hydrogen-bond acceptors (Lipinski definition) is 0. The van der Waals surface area contributed by atoms with Gasteiger partial charge in [0.25, 0.3) is 0 Å². The topological polar surface area (TPSA) is 0 Å². The van der Waals surface area contributed by atoms with E-state index < -0.39 is 31.7 Å². The molecule has 0 bridgehead atoms. The molecule has 0 N–H and O–H groups in total. The minimum absolute atomic E-state index is 0.655. The number of hydrogen-bond donors (Lipinski definition) is 0. The quantitative estimate of drug-likeness (QED) is 0.0669. The average molecular weight is 971 g/mol. The van der Waals surface area contributed by atoms with Crippen LogP contribution in [0.5, 0.6) is 0 Å². The largest absolute Gasteiger partial charge is 0.0622 e. The predicted octanol–water partition coefficient (Wildman–Crippen LogP) is 13.6. The lowest BCUT2D eigenvalue weighted by Crippen LogP contribution is -2.14. The van der Waals surface area contributed by atoms with Crippen LogP contribution in [-0.4, -0.2) is 0 Å². The van der Waals surface area contributed by atoms with Gasteiger partial charge in [-0.3, -0.25) is 0 Å². The van der Waals surface area contributed by atoms with Gasteiger partial charge in [0.2, 0.25) is 0 Å². The van der Waals surface area contributed by atoms with Crippen molar-refractivity contribution in [2.45, 2.75) is 24.6 Å². The summed E-state index contributed by atoms with van der Waals surface area (Å²) in [5.41, 5.74) is 7.46. The van der Waals surface area contributed by atoms with Crippen molar-refractivity contribution in [2.24, 2.45) is 0 Å². The zero-order valence-corrected chi connectivity index (χ0v) is 42.8. The van der Waals surface area contributed by atoms with Crippen molar-refractivity contribution in [1.82, 2.24) is 0 Å². The molecule has 10 rings (SSSR count). The SMILES string of the molecule is C(#Cc1cc(CP(c2ccccc2)c2ccccc2)cc(CP(c2ccccc2)c2ccccc2)c1)c1cc(CP(c2ccccc2)c2ccccc2)cc(CP(c2ccccc2)c2ccccc2)c1. The first-order valence-corrected chi connectivity index (χ1v) is 30.1. The van der Waals surface area contributed by atoms with Gasteiger partial charge in [-0.25, -0.2) is 0 Å². The summed E-state index contributed by atoms with van der Waals surface area (Å²) in [4.78, 5) is 0. The van der Waals surface area contributed by atoms with Gasteiger partial charge in [0.05, 0.1) is 0 Å². The smallest absolute Gasteiger partial charge is 0.0254 e. The Morgan fingerprint density at radius 1 is 0.200 bits per heavy atom. The molecule has 0 fully saturated rings. The standard InChI is InChI=1S/C66H54P4/c1-9-25-59(26-10-1)67(60-27-11-2-12-28-60)49-55-43-53(44-56(47-55)50-68(61-29-13-3-14-30-61)62-31-15-4-16-32-62)41-42-54-45-57(51-69(63-33-17-5-18-34-63)64-35-19-6-20-36-64)48-58(46-54)52-70(65-37-21-7-22-38-65)66-39-23-8-24-40-66/h1-40,43-48H,49-52H2. The van der Waals surface area contributed by atoms with Crippen LogP contribution in [-0.2, 0) is 24.6 Å². The summed E-state index contributed by atoms with van der Waals surface area (Å²) >= 11 is 0. The molecule has 0 atom stereocenters. The van der Waals surface area contributed by atoms with Crippen molar-refractivity contribution in [1.29, 1.82) is 0 Å². The van der Waals surface area contributed by atoms with Crippen LogP contribution < -0.4 is 42.4 Å². The fourth-order valence-corrected chi connectivity index (χ4v) is 18.2. The maximum atomic E-state index is 3.81. The average Bonchev–Trinajstić information content (AvgIpc) is 3.44. The molecule has 70 heavy (non-hydrogen) atoms. The Kier molecular flexibility index (Phi) is 16.1. The van der Waals surface area contributed by atoms with E-state index in [1.165, 1.54) is 64.7 Å². The summed E-state index contributed by atoms with van der Waals surface area (Å²) in [6.07, 6.45) is 3.74. The van der Waals surface area contributed by atoms with Gasteiger partial charge in [0.1, 0.15) is 0 Å². The molecule has 10 aromatic carbocycles. The highest BCUT2D eigenvalue weighted by Crippen LogP contribution is 2.43. The molecule has 0 radical (unpaired) electrons. The number of benzene rings is 10. The Bertz CT molecular complexity index is 2660. The fourth-order valence-electron chi connectivity index (χ4n) is 9.10. The molecule has 0 saturated heterocycles. The minimum atomic E-state index is -0.655. The van der Waals surface area contributed by atoms with Crippen molar-refractivity contribution in [3.63, 3.8) is 0 Å². The second-order valence-electron chi connectivity index (χ2n) is 17.4. The highest BCUT2D eigenvalue weighted by Gasteiger charge is 2.20. The molecule has 0 aromatic heterocycles. The zero-order chi connectivity index (χ0) is 47.2. The van der Waals surface area contributed by atoms with Crippen molar-refractivity contribution in [2.75, 3.05) is 0 Å².